The van der Waals surface area contributed by atoms with Crippen LogP contribution in [-0.2, 0) is 24.1 Å². The third kappa shape index (κ3) is 3.44. The van der Waals surface area contributed by atoms with Crippen molar-refractivity contribution in [2.45, 2.75) is 62.8 Å². The minimum absolute atomic E-state index is 0.110. The van der Waals surface area contributed by atoms with Crippen molar-refractivity contribution in [2.75, 3.05) is 12.4 Å². The van der Waals surface area contributed by atoms with Crippen LogP contribution in [0.1, 0.15) is 42.5 Å². The largest absolute Gasteiger partial charge is 0.377 e. The second-order valence-corrected chi connectivity index (χ2v) is 8.86. The highest BCUT2D eigenvalue weighted by molar-refractivity contribution is 7.99. The summed E-state index contributed by atoms with van der Waals surface area (Å²) in [4.78, 5) is 20.4. The molecule has 1 atom stereocenters. The molecule has 0 bridgehead atoms. The highest BCUT2D eigenvalue weighted by Crippen LogP contribution is 2.34. The third-order valence-electron chi connectivity index (χ3n) is 5.02. The van der Waals surface area contributed by atoms with Crippen molar-refractivity contribution in [3.05, 3.63) is 33.4 Å². The van der Waals surface area contributed by atoms with Gasteiger partial charge in [0.15, 0.2) is 5.16 Å². The number of rotatable bonds is 5. The van der Waals surface area contributed by atoms with E-state index in [9.17, 15) is 4.79 Å². The van der Waals surface area contributed by atoms with Gasteiger partial charge in [0.25, 0.3) is 5.56 Å². The summed E-state index contributed by atoms with van der Waals surface area (Å²) in [5.74, 6) is 0.861. The zero-order chi connectivity index (χ0) is 17.2. The second-order valence-electron chi connectivity index (χ2n) is 6.79. The molecule has 0 amide bonds. The Morgan fingerprint density at radius 1 is 1.32 bits per heavy atom. The molecule has 0 spiro atoms. The molecule has 1 aliphatic carbocycles. The van der Waals surface area contributed by atoms with E-state index in [-0.39, 0.29) is 11.7 Å². The van der Waals surface area contributed by atoms with Crippen molar-refractivity contribution >= 4 is 33.3 Å². The fourth-order valence-corrected chi connectivity index (χ4v) is 6.12. The minimum Gasteiger partial charge on any atom is -0.377 e. The maximum atomic E-state index is 13.2. The molecule has 1 aliphatic heterocycles. The van der Waals surface area contributed by atoms with E-state index in [0.717, 1.165) is 53.4 Å². The maximum absolute atomic E-state index is 13.2. The Kier molecular flexibility index (Phi) is 5.29. The molecule has 6 heteroatoms. The van der Waals surface area contributed by atoms with E-state index in [0.29, 0.717) is 6.54 Å². The average molecular weight is 377 g/mol. The summed E-state index contributed by atoms with van der Waals surface area (Å²) in [6.07, 6.45) is 10.1. The number of hydrogen-bond acceptors (Lipinski definition) is 5. The zero-order valence-electron chi connectivity index (χ0n) is 14.5. The summed E-state index contributed by atoms with van der Waals surface area (Å²) < 4.78 is 7.52. The van der Waals surface area contributed by atoms with E-state index < -0.39 is 0 Å². The fourth-order valence-electron chi connectivity index (χ4n) is 3.74. The van der Waals surface area contributed by atoms with Gasteiger partial charge >= 0.3 is 0 Å². The Bertz CT molecular complexity index is 834. The molecule has 0 aromatic carbocycles. The van der Waals surface area contributed by atoms with E-state index in [4.69, 9.17) is 9.72 Å². The number of thiophene rings is 1. The molecule has 134 valence electrons. The van der Waals surface area contributed by atoms with E-state index >= 15 is 0 Å². The van der Waals surface area contributed by atoms with Gasteiger partial charge in [-0.1, -0.05) is 24.3 Å². The monoisotopic (exact) mass is 376 g/mol. The van der Waals surface area contributed by atoms with Crippen LogP contribution < -0.4 is 5.56 Å². The van der Waals surface area contributed by atoms with Gasteiger partial charge in [0.05, 0.1) is 11.5 Å². The molecule has 25 heavy (non-hydrogen) atoms. The Hall–Kier alpha value is -1.11. The molecule has 3 heterocycles. The fraction of sp³-hybridized carbons (Fsp3) is 0.579. The molecule has 1 fully saturated rings. The lowest BCUT2D eigenvalue weighted by Crippen LogP contribution is -2.23. The molecule has 0 radical (unpaired) electrons. The molecule has 1 unspecified atom stereocenters. The molecule has 0 N–H and O–H groups in total. The van der Waals surface area contributed by atoms with Crippen molar-refractivity contribution in [3.8, 4) is 0 Å². The summed E-state index contributed by atoms with van der Waals surface area (Å²) >= 11 is 3.38. The maximum Gasteiger partial charge on any atom is 0.263 e. The van der Waals surface area contributed by atoms with Crippen molar-refractivity contribution in [3.63, 3.8) is 0 Å². The van der Waals surface area contributed by atoms with Gasteiger partial charge in [-0.3, -0.25) is 9.36 Å². The molecule has 0 saturated carbocycles. The number of fused-ring (bicyclic) bond motifs is 3. The van der Waals surface area contributed by atoms with Gasteiger partial charge in [0.2, 0.25) is 0 Å². The van der Waals surface area contributed by atoms with Gasteiger partial charge in [0, 0.05) is 23.8 Å². The van der Waals surface area contributed by atoms with Crippen LogP contribution in [0.25, 0.3) is 10.2 Å². The van der Waals surface area contributed by atoms with Crippen LogP contribution >= 0.6 is 23.1 Å². The highest BCUT2D eigenvalue weighted by atomic mass is 32.2. The van der Waals surface area contributed by atoms with Gasteiger partial charge < -0.3 is 4.74 Å². The van der Waals surface area contributed by atoms with Crippen LogP contribution in [0.3, 0.4) is 0 Å². The molecule has 1 saturated heterocycles. The number of thioether (sulfide) groups is 1. The van der Waals surface area contributed by atoms with E-state index in [1.165, 1.54) is 29.7 Å². The molecular weight excluding hydrogens is 352 g/mol. The topological polar surface area (TPSA) is 44.1 Å². The van der Waals surface area contributed by atoms with Crippen LogP contribution in [0.2, 0.25) is 0 Å². The Balaban J connectivity index is 1.75. The molecule has 2 aliphatic rings. The van der Waals surface area contributed by atoms with Gasteiger partial charge in [-0.2, -0.15) is 0 Å². The number of aryl methyl sites for hydroxylation is 2. The summed E-state index contributed by atoms with van der Waals surface area (Å²) in [6, 6.07) is 0. The standard InChI is InChI=1S/C19H24N2O2S2/c1-2-10-21-18(22)16-14-8-4-3-5-9-15(14)25-17(16)20-19(21)24-12-13-7-6-11-23-13/h2,13H,1,3-12H2. The first-order valence-electron chi connectivity index (χ1n) is 9.18. The summed E-state index contributed by atoms with van der Waals surface area (Å²) in [5.41, 5.74) is 1.38. The molecule has 2 aromatic heterocycles. The van der Waals surface area contributed by atoms with Crippen LogP contribution in [0.5, 0.6) is 0 Å². The van der Waals surface area contributed by atoms with E-state index in [2.05, 4.69) is 6.58 Å². The Morgan fingerprint density at radius 2 is 2.20 bits per heavy atom. The van der Waals surface area contributed by atoms with Crippen LogP contribution in [0.15, 0.2) is 22.6 Å². The van der Waals surface area contributed by atoms with Crippen molar-refractivity contribution in [1.29, 1.82) is 0 Å². The van der Waals surface area contributed by atoms with Crippen molar-refractivity contribution in [2.24, 2.45) is 0 Å². The lowest BCUT2D eigenvalue weighted by atomic mass is 10.1. The first-order chi connectivity index (χ1) is 12.3. The first kappa shape index (κ1) is 17.3. The quantitative estimate of drug-likeness (QED) is 0.340. The number of ether oxygens (including phenoxy) is 1. The molecular formula is C19H24N2O2S2. The third-order valence-corrected chi connectivity index (χ3v) is 7.32. The minimum atomic E-state index is 0.110. The summed E-state index contributed by atoms with van der Waals surface area (Å²) in [7, 11) is 0. The number of nitrogens with zero attached hydrogens (tertiary/aromatic N) is 2. The summed E-state index contributed by atoms with van der Waals surface area (Å²) in [5, 5.41) is 1.68. The predicted octanol–water partition coefficient (Wildman–Crippen LogP) is 4.18. The normalized spacial score (nSPS) is 20.6. The SMILES string of the molecule is C=CCn1c(SCC2CCCO2)nc2sc3c(c2c1=O)CCCCC3. The first-order valence-corrected chi connectivity index (χ1v) is 11.0. The van der Waals surface area contributed by atoms with E-state index in [1.54, 1.807) is 33.7 Å². The molecule has 4 nitrogen and oxygen atoms in total. The van der Waals surface area contributed by atoms with Crippen molar-refractivity contribution in [1.82, 2.24) is 9.55 Å². The predicted molar refractivity (Wildman–Crippen MR) is 105 cm³/mol. The number of aromatic nitrogens is 2. The van der Waals surface area contributed by atoms with Gasteiger partial charge in [-0.05, 0) is 44.1 Å². The van der Waals surface area contributed by atoms with Crippen molar-refractivity contribution < 1.29 is 4.74 Å². The van der Waals surface area contributed by atoms with Gasteiger partial charge in [0.1, 0.15) is 4.83 Å². The van der Waals surface area contributed by atoms with E-state index in [1.807, 2.05) is 0 Å². The zero-order valence-corrected chi connectivity index (χ0v) is 16.1. The molecule has 2 aromatic rings. The highest BCUT2D eigenvalue weighted by Gasteiger charge is 2.22. The molecule has 4 rings (SSSR count). The lowest BCUT2D eigenvalue weighted by molar-refractivity contribution is 0.129. The van der Waals surface area contributed by atoms with Crippen LogP contribution in [0.4, 0.5) is 0 Å². The number of allylic oxidation sites excluding steroid dienone is 1. The lowest BCUT2D eigenvalue weighted by Gasteiger charge is -2.13. The summed E-state index contributed by atoms with van der Waals surface area (Å²) in [6.45, 7) is 5.20. The van der Waals surface area contributed by atoms with Crippen LogP contribution in [-0.4, -0.2) is 28.0 Å². The average Bonchev–Trinajstić information content (AvgIpc) is 3.18. The smallest absolute Gasteiger partial charge is 0.263 e. The van der Waals surface area contributed by atoms with Gasteiger partial charge in [-0.25, -0.2) is 4.98 Å². The Labute approximate surface area is 156 Å². The van der Waals surface area contributed by atoms with Gasteiger partial charge in [-0.15, -0.1) is 17.9 Å². The van der Waals surface area contributed by atoms with Crippen LogP contribution in [0, 0.1) is 0 Å². The second kappa shape index (κ2) is 7.64. The number of hydrogen-bond donors (Lipinski definition) is 0. The Morgan fingerprint density at radius 3 is 3.00 bits per heavy atom.